The van der Waals surface area contributed by atoms with E-state index in [9.17, 15) is 0 Å². The summed E-state index contributed by atoms with van der Waals surface area (Å²) in [6.45, 7) is 4.14. The highest BCUT2D eigenvalue weighted by Crippen LogP contribution is 2.19. The van der Waals surface area contributed by atoms with Crippen molar-refractivity contribution in [3.8, 4) is 11.3 Å². The summed E-state index contributed by atoms with van der Waals surface area (Å²) in [7, 11) is 0. The maximum Gasteiger partial charge on any atom is 0.117 e. The maximum absolute atomic E-state index is 5.31. The minimum absolute atomic E-state index is 0. The standard InChI is InChI=1S/C16H18N4O.ClH/c1-2-20-18-15(12-17-11-14-9-6-10-21-14)16(19-20)13-7-4-3-5-8-13;/h3-10,17H,2,11-12H2,1H3;1H. The number of rotatable bonds is 6. The van der Waals surface area contributed by atoms with Crippen molar-refractivity contribution in [1.82, 2.24) is 20.3 Å². The van der Waals surface area contributed by atoms with Gasteiger partial charge in [-0.2, -0.15) is 15.0 Å². The highest BCUT2D eigenvalue weighted by molar-refractivity contribution is 5.85. The van der Waals surface area contributed by atoms with Crippen LogP contribution in [-0.2, 0) is 19.6 Å². The number of furan rings is 1. The van der Waals surface area contributed by atoms with Crippen molar-refractivity contribution in [1.29, 1.82) is 0 Å². The van der Waals surface area contributed by atoms with Gasteiger partial charge in [0.15, 0.2) is 0 Å². The smallest absolute Gasteiger partial charge is 0.117 e. The van der Waals surface area contributed by atoms with Crippen LogP contribution in [-0.4, -0.2) is 15.0 Å². The van der Waals surface area contributed by atoms with E-state index in [1.165, 1.54) is 0 Å². The lowest BCUT2D eigenvalue weighted by atomic mass is 10.1. The molecule has 0 atom stereocenters. The average Bonchev–Trinajstić information content (AvgIpc) is 3.18. The van der Waals surface area contributed by atoms with E-state index < -0.39 is 0 Å². The number of hydrogen-bond donors (Lipinski definition) is 1. The Morgan fingerprint density at radius 2 is 1.86 bits per heavy atom. The Hall–Kier alpha value is -2.11. The highest BCUT2D eigenvalue weighted by Gasteiger charge is 2.12. The van der Waals surface area contributed by atoms with Crippen LogP contribution < -0.4 is 5.32 Å². The second-order valence-corrected chi connectivity index (χ2v) is 4.73. The van der Waals surface area contributed by atoms with Crippen molar-refractivity contribution in [2.45, 2.75) is 26.6 Å². The number of hydrogen-bond acceptors (Lipinski definition) is 4. The molecule has 0 spiro atoms. The molecule has 6 heteroatoms. The van der Waals surface area contributed by atoms with Gasteiger partial charge in [0.25, 0.3) is 0 Å². The van der Waals surface area contributed by atoms with Crippen molar-refractivity contribution in [2.24, 2.45) is 0 Å². The van der Waals surface area contributed by atoms with Crippen LogP contribution in [0.4, 0.5) is 0 Å². The van der Waals surface area contributed by atoms with Crippen LogP contribution in [0.25, 0.3) is 11.3 Å². The first-order valence-electron chi connectivity index (χ1n) is 7.09. The molecular weight excluding hydrogens is 300 g/mol. The molecule has 0 bridgehead atoms. The Morgan fingerprint density at radius 1 is 1.05 bits per heavy atom. The minimum Gasteiger partial charge on any atom is -0.468 e. The number of aryl methyl sites for hydroxylation is 1. The molecule has 0 fully saturated rings. The number of halogens is 1. The van der Waals surface area contributed by atoms with Gasteiger partial charge in [0.05, 0.1) is 19.4 Å². The number of nitrogens with zero attached hydrogens (tertiary/aromatic N) is 3. The fraction of sp³-hybridized carbons (Fsp3) is 0.250. The van der Waals surface area contributed by atoms with E-state index in [-0.39, 0.29) is 12.4 Å². The van der Waals surface area contributed by atoms with Crippen LogP contribution in [0.1, 0.15) is 18.4 Å². The van der Waals surface area contributed by atoms with E-state index in [0.717, 1.165) is 29.3 Å². The summed E-state index contributed by atoms with van der Waals surface area (Å²) in [5.74, 6) is 0.916. The van der Waals surface area contributed by atoms with Gasteiger partial charge in [-0.3, -0.25) is 0 Å². The van der Waals surface area contributed by atoms with Gasteiger partial charge in [0, 0.05) is 12.1 Å². The summed E-state index contributed by atoms with van der Waals surface area (Å²) in [5, 5.41) is 12.4. The van der Waals surface area contributed by atoms with E-state index in [2.05, 4.69) is 27.6 Å². The van der Waals surface area contributed by atoms with Gasteiger partial charge < -0.3 is 9.73 Å². The van der Waals surface area contributed by atoms with Crippen LogP contribution in [0.3, 0.4) is 0 Å². The lowest BCUT2D eigenvalue weighted by Crippen LogP contribution is -2.13. The second kappa shape index (κ2) is 7.77. The van der Waals surface area contributed by atoms with Crippen LogP contribution in [0.5, 0.6) is 0 Å². The number of nitrogens with one attached hydrogen (secondary N) is 1. The molecule has 5 nitrogen and oxygen atoms in total. The third-order valence-electron chi connectivity index (χ3n) is 3.23. The van der Waals surface area contributed by atoms with Gasteiger partial charge in [-0.25, -0.2) is 0 Å². The molecule has 0 amide bonds. The normalized spacial score (nSPS) is 10.4. The summed E-state index contributed by atoms with van der Waals surface area (Å²) in [6.07, 6.45) is 1.68. The molecule has 2 aromatic heterocycles. The van der Waals surface area contributed by atoms with E-state index in [1.807, 2.05) is 37.3 Å². The van der Waals surface area contributed by atoms with Crippen LogP contribution in [0.2, 0.25) is 0 Å². The molecule has 3 rings (SSSR count). The zero-order chi connectivity index (χ0) is 14.5. The summed E-state index contributed by atoms with van der Waals surface area (Å²) in [6, 6.07) is 14.0. The molecule has 1 aromatic carbocycles. The third-order valence-corrected chi connectivity index (χ3v) is 3.23. The van der Waals surface area contributed by atoms with E-state index >= 15 is 0 Å². The quantitative estimate of drug-likeness (QED) is 0.758. The van der Waals surface area contributed by atoms with Crippen molar-refractivity contribution in [3.05, 3.63) is 60.2 Å². The van der Waals surface area contributed by atoms with Gasteiger partial charge in [0.2, 0.25) is 0 Å². The Kier molecular flexibility index (Phi) is 5.75. The number of benzene rings is 1. The summed E-state index contributed by atoms with van der Waals surface area (Å²) in [5.41, 5.74) is 2.98. The highest BCUT2D eigenvalue weighted by atomic mass is 35.5. The van der Waals surface area contributed by atoms with Crippen LogP contribution >= 0.6 is 12.4 Å². The molecular formula is C16H19ClN4O. The summed E-state index contributed by atoms with van der Waals surface area (Å²) >= 11 is 0. The molecule has 1 N–H and O–H groups in total. The molecule has 0 aliphatic heterocycles. The molecule has 22 heavy (non-hydrogen) atoms. The first-order valence-corrected chi connectivity index (χ1v) is 7.09. The van der Waals surface area contributed by atoms with Gasteiger partial charge in [0.1, 0.15) is 17.1 Å². The SMILES string of the molecule is CCn1nc(CNCc2ccco2)c(-c2ccccc2)n1.Cl. The van der Waals surface area contributed by atoms with Gasteiger partial charge in [-0.05, 0) is 19.1 Å². The van der Waals surface area contributed by atoms with E-state index in [0.29, 0.717) is 13.1 Å². The van der Waals surface area contributed by atoms with Gasteiger partial charge in [-0.1, -0.05) is 30.3 Å². The van der Waals surface area contributed by atoms with Crippen LogP contribution in [0.15, 0.2) is 53.1 Å². The monoisotopic (exact) mass is 318 g/mol. The lowest BCUT2D eigenvalue weighted by molar-refractivity contribution is 0.480. The second-order valence-electron chi connectivity index (χ2n) is 4.73. The van der Waals surface area contributed by atoms with E-state index in [1.54, 1.807) is 11.1 Å². The van der Waals surface area contributed by atoms with Crippen LogP contribution in [0, 0.1) is 0 Å². The van der Waals surface area contributed by atoms with Gasteiger partial charge >= 0.3 is 0 Å². The molecule has 3 aromatic rings. The molecule has 0 aliphatic rings. The predicted octanol–water partition coefficient (Wildman–Crippen LogP) is 3.27. The minimum atomic E-state index is 0. The fourth-order valence-electron chi connectivity index (χ4n) is 2.18. The Bertz CT molecular complexity index is 680. The predicted molar refractivity (Wildman–Crippen MR) is 87.6 cm³/mol. The molecule has 0 saturated heterocycles. The molecule has 0 saturated carbocycles. The Labute approximate surface area is 135 Å². The zero-order valence-electron chi connectivity index (χ0n) is 12.4. The Balaban J connectivity index is 0.00000176. The van der Waals surface area contributed by atoms with Crippen molar-refractivity contribution >= 4 is 12.4 Å². The first kappa shape index (κ1) is 16.3. The van der Waals surface area contributed by atoms with E-state index in [4.69, 9.17) is 4.42 Å². The first-order chi connectivity index (χ1) is 10.4. The maximum atomic E-state index is 5.31. The van der Waals surface area contributed by atoms with Crippen molar-refractivity contribution in [3.63, 3.8) is 0 Å². The third kappa shape index (κ3) is 3.75. The zero-order valence-corrected chi connectivity index (χ0v) is 13.2. The Morgan fingerprint density at radius 3 is 2.55 bits per heavy atom. The fourth-order valence-corrected chi connectivity index (χ4v) is 2.18. The average molecular weight is 319 g/mol. The largest absolute Gasteiger partial charge is 0.468 e. The molecule has 2 heterocycles. The molecule has 116 valence electrons. The van der Waals surface area contributed by atoms with Gasteiger partial charge in [-0.15, -0.1) is 12.4 Å². The molecule has 0 aliphatic carbocycles. The molecule has 0 unspecified atom stereocenters. The van der Waals surface area contributed by atoms with Crippen molar-refractivity contribution in [2.75, 3.05) is 0 Å². The molecule has 0 radical (unpaired) electrons. The van der Waals surface area contributed by atoms with Crippen molar-refractivity contribution < 1.29 is 4.42 Å². The topological polar surface area (TPSA) is 55.9 Å². The lowest BCUT2D eigenvalue weighted by Gasteiger charge is -2.02. The summed E-state index contributed by atoms with van der Waals surface area (Å²) in [4.78, 5) is 1.73. The summed E-state index contributed by atoms with van der Waals surface area (Å²) < 4.78 is 5.31. The number of aromatic nitrogens is 3.